The summed E-state index contributed by atoms with van der Waals surface area (Å²) in [5.41, 5.74) is 6.62. The standard InChI is InChI=1S/C17H20N2O4S/c1-11(2)12-4-7-14(8-5-12)24(21,22)19-15-10-13(17(18)20)6-9-16(15)23-3/h4-11,19H,1-3H3,(H2,18,20). The molecule has 24 heavy (non-hydrogen) atoms. The number of nitrogens with one attached hydrogen (secondary N) is 1. The van der Waals surface area contributed by atoms with E-state index in [-0.39, 0.29) is 16.1 Å². The minimum Gasteiger partial charge on any atom is -0.495 e. The van der Waals surface area contributed by atoms with E-state index < -0.39 is 15.9 Å². The zero-order valence-electron chi connectivity index (χ0n) is 13.7. The Kier molecular flexibility index (Phi) is 5.14. The highest BCUT2D eigenvalue weighted by molar-refractivity contribution is 7.92. The van der Waals surface area contributed by atoms with Gasteiger partial charge < -0.3 is 10.5 Å². The Morgan fingerprint density at radius 3 is 2.25 bits per heavy atom. The molecule has 0 saturated heterocycles. The van der Waals surface area contributed by atoms with Crippen LogP contribution in [0.2, 0.25) is 0 Å². The maximum atomic E-state index is 12.5. The van der Waals surface area contributed by atoms with Crippen molar-refractivity contribution in [1.82, 2.24) is 0 Å². The van der Waals surface area contributed by atoms with E-state index in [0.29, 0.717) is 11.7 Å². The van der Waals surface area contributed by atoms with E-state index in [9.17, 15) is 13.2 Å². The summed E-state index contributed by atoms with van der Waals surface area (Å²) in [6.45, 7) is 4.06. The van der Waals surface area contributed by atoms with Gasteiger partial charge in [0.2, 0.25) is 5.91 Å². The van der Waals surface area contributed by atoms with Crippen LogP contribution < -0.4 is 15.2 Å². The predicted octanol–water partition coefficient (Wildman–Crippen LogP) is 2.72. The molecule has 0 heterocycles. The van der Waals surface area contributed by atoms with Gasteiger partial charge in [-0.1, -0.05) is 26.0 Å². The van der Waals surface area contributed by atoms with Crippen LogP contribution in [0.4, 0.5) is 5.69 Å². The number of benzene rings is 2. The van der Waals surface area contributed by atoms with Crippen LogP contribution in [0.25, 0.3) is 0 Å². The number of carbonyl (C=O) groups excluding carboxylic acids is 1. The predicted molar refractivity (Wildman–Crippen MR) is 92.9 cm³/mol. The van der Waals surface area contributed by atoms with Gasteiger partial charge in [-0.3, -0.25) is 9.52 Å². The molecule has 2 aromatic rings. The van der Waals surface area contributed by atoms with Crippen LogP contribution in [0.3, 0.4) is 0 Å². The summed E-state index contributed by atoms with van der Waals surface area (Å²) < 4.78 is 32.7. The topological polar surface area (TPSA) is 98.5 Å². The lowest BCUT2D eigenvalue weighted by atomic mass is 10.0. The smallest absolute Gasteiger partial charge is 0.262 e. The van der Waals surface area contributed by atoms with Gasteiger partial charge in [0.05, 0.1) is 17.7 Å². The average Bonchev–Trinajstić information content (AvgIpc) is 2.54. The Labute approximate surface area is 141 Å². The first-order chi connectivity index (χ1) is 11.2. The van der Waals surface area contributed by atoms with E-state index in [1.807, 2.05) is 13.8 Å². The molecule has 0 spiro atoms. The molecule has 0 aliphatic heterocycles. The molecule has 0 aliphatic rings. The zero-order chi connectivity index (χ0) is 17.9. The molecule has 6 nitrogen and oxygen atoms in total. The SMILES string of the molecule is COc1ccc(C(N)=O)cc1NS(=O)(=O)c1ccc(C(C)C)cc1. The first kappa shape index (κ1) is 17.8. The van der Waals surface area contributed by atoms with Gasteiger partial charge in [0, 0.05) is 5.56 Å². The average molecular weight is 348 g/mol. The lowest BCUT2D eigenvalue weighted by Crippen LogP contribution is -2.16. The van der Waals surface area contributed by atoms with Gasteiger partial charge in [0.15, 0.2) is 0 Å². The number of carbonyl (C=O) groups is 1. The quantitative estimate of drug-likeness (QED) is 0.838. The summed E-state index contributed by atoms with van der Waals surface area (Å²) in [5.74, 6) is -0.0520. The molecule has 0 radical (unpaired) electrons. The lowest BCUT2D eigenvalue weighted by molar-refractivity contribution is 0.100. The molecule has 0 saturated carbocycles. The van der Waals surface area contributed by atoms with Gasteiger partial charge in [-0.25, -0.2) is 8.42 Å². The minimum absolute atomic E-state index is 0.124. The summed E-state index contributed by atoms with van der Waals surface area (Å²) in [6.07, 6.45) is 0. The van der Waals surface area contributed by atoms with E-state index in [0.717, 1.165) is 5.56 Å². The number of nitrogens with two attached hydrogens (primary N) is 1. The van der Waals surface area contributed by atoms with Gasteiger partial charge >= 0.3 is 0 Å². The molecular weight excluding hydrogens is 328 g/mol. The van der Waals surface area contributed by atoms with Gasteiger partial charge in [0.1, 0.15) is 5.75 Å². The number of methoxy groups -OCH3 is 1. The molecule has 128 valence electrons. The number of amides is 1. The van der Waals surface area contributed by atoms with Gasteiger partial charge in [0.25, 0.3) is 10.0 Å². The van der Waals surface area contributed by atoms with Crippen molar-refractivity contribution in [1.29, 1.82) is 0 Å². The highest BCUT2D eigenvalue weighted by atomic mass is 32.2. The van der Waals surface area contributed by atoms with E-state index in [1.54, 1.807) is 24.3 Å². The second kappa shape index (κ2) is 6.92. The zero-order valence-corrected chi connectivity index (χ0v) is 14.6. The largest absolute Gasteiger partial charge is 0.495 e. The molecule has 0 bridgehead atoms. The molecule has 2 aromatic carbocycles. The Morgan fingerprint density at radius 2 is 1.75 bits per heavy atom. The third-order valence-electron chi connectivity index (χ3n) is 3.59. The van der Waals surface area contributed by atoms with Crippen molar-refractivity contribution in [2.75, 3.05) is 11.8 Å². The third-order valence-corrected chi connectivity index (χ3v) is 4.97. The number of rotatable bonds is 6. The second-order valence-corrected chi connectivity index (χ2v) is 7.29. The molecule has 0 fully saturated rings. The molecule has 0 atom stereocenters. The normalized spacial score (nSPS) is 11.3. The maximum absolute atomic E-state index is 12.5. The van der Waals surface area contributed by atoms with Crippen molar-refractivity contribution in [3.63, 3.8) is 0 Å². The lowest BCUT2D eigenvalue weighted by Gasteiger charge is -2.13. The Balaban J connectivity index is 2.38. The van der Waals surface area contributed by atoms with Crippen LogP contribution in [0.1, 0.15) is 35.7 Å². The number of sulfonamides is 1. The Bertz CT molecular complexity index is 843. The summed E-state index contributed by atoms with van der Waals surface area (Å²) in [7, 11) is -2.40. The highest BCUT2D eigenvalue weighted by Crippen LogP contribution is 2.28. The van der Waals surface area contributed by atoms with E-state index in [1.165, 1.54) is 25.3 Å². The Hall–Kier alpha value is -2.54. The second-order valence-electron chi connectivity index (χ2n) is 5.61. The fourth-order valence-electron chi connectivity index (χ4n) is 2.18. The van der Waals surface area contributed by atoms with Crippen molar-refractivity contribution >= 4 is 21.6 Å². The van der Waals surface area contributed by atoms with Crippen molar-refractivity contribution in [3.8, 4) is 5.75 Å². The van der Waals surface area contributed by atoms with Crippen LogP contribution in [0.15, 0.2) is 47.4 Å². The number of hydrogen-bond donors (Lipinski definition) is 2. The number of hydrogen-bond acceptors (Lipinski definition) is 4. The van der Waals surface area contributed by atoms with Gasteiger partial charge in [-0.15, -0.1) is 0 Å². The maximum Gasteiger partial charge on any atom is 0.262 e. The molecule has 0 aromatic heterocycles. The fourth-order valence-corrected chi connectivity index (χ4v) is 3.24. The van der Waals surface area contributed by atoms with Gasteiger partial charge in [-0.05, 0) is 41.8 Å². The van der Waals surface area contributed by atoms with Crippen LogP contribution in [0, 0.1) is 0 Å². The summed E-state index contributed by atoms with van der Waals surface area (Å²) in [6, 6.07) is 10.9. The molecule has 7 heteroatoms. The minimum atomic E-state index is -3.81. The molecule has 0 aliphatic carbocycles. The number of anilines is 1. The van der Waals surface area contributed by atoms with E-state index >= 15 is 0 Å². The van der Waals surface area contributed by atoms with Crippen LogP contribution >= 0.6 is 0 Å². The summed E-state index contributed by atoms with van der Waals surface area (Å²) in [5, 5.41) is 0. The van der Waals surface area contributed by atoms with Crippen LogP contribution in [-0.2, 0) is 10.0 Å². The highest BCUT2D eigenvalue weighted by Gasteiger charge is 2.18. The van der Waals surface area contributed by atoms with E-state index in [4.69, 9.17) is 10.5 Å². The molecule has 2 rings (SSSR count). The molecular formula is C17H20N2O4S. The number of primary amides is 1. The summed E-state index contributed by atoms with van der Waals surface area (Å²) >= 11 is 0. The van der Waals surface area contributed by atoms with E-state index in [2.05, 4.69) is 4.72 Å². The summed E-state index contributed by atoms with van der Waals surface area (Å²) in [4.78, 5) is 11.4. The molecule has 1 amide bonds. The third kappa shape index (κ3) is 3.86. The molecule has 0 unspecified atom stereocenters. The first-order valence-electron chi connectivity index (χ1n) is 7.35. The van der Waals surface area contributed by atoms with Crippen molar-refractivity contribution < 1.29 is 17.9 Å². The van der Waals surface area contributed by atoms with Crippen molar-refractivity contribution in [2.24, 2.45) is 5.73 Å². The van der Waals surface area contributed by atoms with Crippen molar-refractivity contribution in [3.05, 3.63) is 53.6 Å². The Morgan fingerprint density at radius 1 is 1.12 bits per heavy atom. The number of ether oxygens (including phenoxy) is 1. The monoisotopic (exact) mass is 348 g/mol. The first-order valence-corrected chi connectivity index (χ1v) is 8.83. The van der Waals surface area contributed by atoms with Crippen LogP contribution in [0.5, 0.6) is 5.75 Å². The molecule has 3 N–H and O–H groups in total. The van der Waals surface area contributed by atoms with Crippen LogP contribution in [-0.4, -0.2) is 21.4 Å². The van der Waals surface area contributed by atoms with Gasteiger partial charge in [-0.2, -0.15) is 0 Å². The fraction of sp³-hybridized carbons (Fsp3) is 0.235. The van der Waals surface area contributed by atoms with Crippen molar-refractivity contribution in [2.45, 2.75) is 24.7 Å².